The summed E-state index contributed by atoms with van der Waals surface area (Å²) in [6, 6.07) is 16.8. The van der Waals surface area contributed by atoms with Gasteiger partial charge in [0.05, 0.1) is 18.0 Å². The van der Waals surface area contributed by atoms with E-state index in [0.717, 1.165) is 27.9 Å². The molecular weight excluding hydrogens is 466 g/mol. The lowest BCUT2D eigenvalue weighted by Gasteiger charge is -2.15. The third kappa shape index (κ3) is 4.73. The zero-order valence-electron chi connectivity index (χ0n) is 20.8. The molecule has 3 heterocycles. The first-order chi connectivity index (χ1) is 17.8. The van der Waals surface area contributed by atoms with Crippen molar-refractivity contribution in [1.82, 2.24) is 24.5 Å². The summed E-state index contributed by atoms with van der Waals surface area (Å²) >= 11 is 0. The Bertz CT molecular complexity index is 1660. The molecule has 1 N–H and O–H groups in total. The van der Waals surface area contributed by atoms with Gasteiger partial charge in [0.1, 0.15) is 11.4 Å². The van der Waals surface area contributed by atoms with Crippen LogP contribution >= 0.6 is 0 Å². The molecule has 5 rings (SSSR count). The summed E-state index contributed by atoms with van der Waals surface area (Å²) in [5, 5.41) is 12.2. The third-order valence-electron chi connectivity index (χ3n) is 5.93. The fraction of sp³-hybridized carbons (Fsp3) is 0.143. The first-order valence-corrected chi connectivity index (χ1v) is 11.5. The van der Waals surface area contributed by atoms with Crippen LogP contribution in [0.3, 0.4) is 0 Å². The van der Waals surface area contributed by atoms with Gasteiger partial charge in [0.2, 0.25) is 5.95 Å². The highest BCUT2D eigenvalue weighted by molar-refractivity contribution is 5.92. The summed E-state index contributed by atoms with van der Waals surface area (Å²) in [6.45, 7) is 5.45. The molecule has 0 bridgehead atoms. The van der Waals surface area contributed by atoms with E-state index >= 15 is 0 Å². The molecule has 5 aromatic rings. The largest absolute Gasteiger partial charge is 0.436 e. The summed E-state index contributed by atoms with van der Waals surface area (Å²) < 4.78 is 8.21. The van der Waals surface area contributed by atoms with Gasteiger partial charge in [-0.3, -0.25) is 9.78 Å². The van der Waals surface area contributed by atoms with Crippen LogP contribution in [0.25, 0.3) is 22.3 Å². The van der Waals surface area contributed by atoms with Crippen LogP contribution in [-0.4, -0.2) is 30.3 Å². The number of carbonyl (C=O) groups is 1. The average Bonchev–Trinajstić information content (AvgIpc) is 3.27. The number of imidazole rings is 1. The quantitative estimate of drug-likeness (QED) is 0.304. The Balaban J connectivity index is 1.50. The molecule has 182 valence electrons. The highest BCUT2D eigenvalue weighted by Gasteiger charge is 2.17. The maximum absolute atomic E-state index is 11.6. The Hall–Kier alpha value is -5.10. The maximum Gasteiger partial charge on any atom is 0.250 e. The van der Waals surface area contributed by atoms with Crippen molar-refractivity contribution in [2.75, 3.05) is 5.32 Å². The average molecular weight is 490 g/mol. The van der Waals surface area contributed by atoms with E-state index in [4.69, 9.17) is 10.00 Å². The zero-order valence-corrected chi connectivity index (χ0v) is 20.8. The molecule has 0 aliphatic heterocycles. The van der Waals surface area contributed by atoms with E-state index in [1.54, 1.807) is 42.9 Å². The van der Waals surface area contributed by atoms with Crippen molar-refractivity contribution in [2.45, 2.75) is 20.8 Å². The molecule has 0 atom stereocenters. The number of aryl methyl sites for hydroxylation is 3. The second-order valence-electron chi connectivity index (χ2n) is 8.72. The SMILES string of the molecule is CC(=O)c1ccc(-c2cc(C)c(Oc3nc(Nc4ccc(C#N)cc4)nc4ncn(C)c34)c(C)c2)cn1. The monoisotopic (exact) mass is 489 g/mol. The lowest BCUT2D eigenvalue weighted by Crippen LogP contribution is -2.03. The number of rotatable bonds is 6. The minimum atomic E-state index is -0.0676. The van der Waals surface area contributed by atoms with Crippen molar-refractivity contribution in [3.8, 4) is 28.8 Å². The number of benzene rings is 2. The van der Waals surface area contributed by atoms with Crippen molar-refractivity contribution in [3.63, 3.8) is 0 Å². The number of aromatic nitrogens is 5. The number of nitrogens with one attached hydrogen (secondary N) is 1. The minimum Gasteiger partial charge on any atom is -0.436 e. The molecule has 0 amide bonds. The van der Waals surface area contributed by atoms with Crippen LogP contribution in [0, 0.1) is 25.2 Å². The molecule has 3 aromatic heterocycles. The molecule has 0 saturated carbocycles. The highest BCUT2D eigenvalue weighted by atomic mass is 16.5. The molecule has 0 spiro atoms. The summed E-state index contributed by atoms with van der Waals surface area (Å²) in [6.07, 6.45) is 3.37. The van der Waals surface area contributed by atoms with Crippen molar-refractivity contribution in [3.05, 3.63) is 83.4 Å². The van der Waals surface area contributed by atoms with E-state index in [-0.39, 0.29) is 5.78 Å². The van der Waals surface area contributed by atoms with Gasteiger partial charge in [0.15, 0.2) is 16.9 Å². The van der Waals surface area contributed by atoms with E-state index in [1.165, 1.54) is 6.92 Å². The second-order valence-corrected chi connectivity index (χ2v) is 8.72. The van der Waals surface area contributed by atoms with Crippen molar-refractivity contribution < 1.29 is 9.53 Å². The lowest BCUT2D eigenvalue weighted by atomic mass is 10.0. The summed E-state index contributed by atoms with van der Waals surface area (Å²) in [4.78, 5) is 29.4. The number of ether oxygens (including phenoxy) is 1. The fourth-order valence-corrected chi connectivity index (χ4v) is 4.05. The van der Waals surface area contributed by atoms with Gasteiger partial charge < -0.3 is 14.6 Å². The third-order valence-corrected chi connectivity index (χ3v) is 5.93. The van der Waals surface area contributed by atoms with Crippen LogP contribution in [-0.2, 0) is 7.05 Å². The number of pyridine rings is 1. The Morgan fingerprint density at radius 2 is 1.73 bits per heavy atom. The van der Waals surface area contributed by atoms with Crippen LogP contribution in [0.5, 0.6) is 11.6 Å². The van der Waals surface area contributed by atoms with E-state index in [1.807, 2.05) is 43.7 Å². The Morgan fingerprint density at radius 1 is 1.00 bits per heavy atom. The van der Waals surface area contributed by atoms with Crippen LogP contribution in [0.4, 0.5) is 11.6 Å². The Kier molecular flexibility index (Phi) is 6.07. The highest BCUT2D eigenvalue weighted by Crippen LogP contribution is 2.35. The molecule has 9 heteroatoms. The summed E-state index contributed by atoms with van der Waals surface area (Å²) in [5.74, 6) is 1.31. The Morgan fingerprint density at radius 3 is 2.35 bits per heavy atom. The van der Waals surface area contributed by atoms with Gasteiger partial charge in [0, 0.05) is 31.4 Å². The van der Waals surface area contributed by atoms with Gasteiger partial charge in [-0.15, -0.1) is 0 Å². The van der Waals surface area contributed by atoms with Crippen LogP contribution < -0.4 is 10.1 Å². The fourth-order valence-electron chi connectivity index (χ4n) is 4.05. The van der Waals surface area contributed by atoms with Crippen molar-refractivity contribution in [2.24, 2.45) is 7.05 Å². The van der Waals surface area contributed by atoms with Gasteiger partial charge in [0.25, 0.3) is 5.88 Å². The van der Waals surface area contributed by atoms with E-state index < -0.39 is 0 Å². The van der Waals surface area contributed by atoms with Crippen molar-refractivity contribution in [1.29, 1.82) is 5.26 Å². The Labute approximate surface area is 213 Å². The number of hydrogen-bond acceptors (Lipinski definition) is 8. The first-order valence-electron chi connectivity index (χ1n) is 11.5. The molecule has 0 aliphatic carbocycles. The molecule has 2 aromatic carbocycles. The first kappa shape index (κ1) is 23.6. The molecule has 9 nitrogen and oxygen atoms in total. The van der Waals surface area contributed by atoms with Gasteiger partial charge in [-0.2, -0.15) is 15.2 Å². The van der Waals surface area contributed by atoms with E-state index in [0.29, 0.717) is 40.0 Å². The van der Waals surface area contributed by atoms with Gasteiger partial charge >= 0.3 is 0 Å². The van der Waals surface area contributed by atoms with Crippen LogP contribution in [0.15, 0.2) is 61.1 Å². The summed E-state index contributed by atoms with van der Waals surface area (Å²) in [5.41, 5.74) is 6.62. The number of anilines is 2. The van der Waals surface area contributed by atoms with Crippen LogP contribution in [0.1, 0.15) is 34.1 Å². The molecule has 37 heavy (non-hydrogen) atoms. The number of hydrogen-bond donors (Lipinski definition) is 1. The number of ketones is 1. The van der Waals surface area contributed by atoms with Gasteiger partial charge in [-0.1, -0.05) is 6.07 Å². The van der Waals surface area contributed by atoms with Crippen molar-refractivity contribution >= 4 is 28.6 Å². The smallest absolute Gasteiger partial charge is 0.250 e. The molecule has 0 saturated heterocycles. The molecule has 0 fully saturated rings. The zero-order chi connectivity index (χ0) is 26.1. The standard InChI is InChI=1S/C28H23N7O2/c1-16-11-21(20-7-10-23(18(3)36)30-14-20)12-17(2)25(16)37-27-24-26(31-15-35(24)4)33-28(34-27)32-22-8-5-19(13-29)6-9-22/h5-12,14-15H,1-4H3,(H,32,33,34). The maximum atomic E-state index is 11.6. The van der Waals surface area contributed by atoms with Gasteiger partial charge in [-0.25, -0.2) is 4.98 Å². The molecule has 0 unspecified atom stereocenters. The van der Waals surface area contributed by atoms with Gasteiger partial charge in [-0.05, 0) is 73.0 Å². The number of carbonyl (C=O) groups excluding carboxylic acids is 1. The normalized spacial score (nSPS) is 10.8. The molecule has 0 radical (unpaired) electrons. The minimum absolute atomic E-state index is 0.0676. The number of Topliss-reactive ketones (excluding diaryl/α,β-unsaturated/α-hetero) is 1. The molecular formula is C28H23N7O2. The lowest BCUT2D eigenvalue weighted by molar-refractivity contribution is 0.101. The summed E-state index contributed by atoms with van der Waals surface area (Å²) in [7, 11) is 1.86. The van der Waals surface area contributed by atoms with E-state index in [9.17, 15) is 4.79 Å². The second kappa shape index (κ2) is 9.51. The predicted molar refractivity (Wildman–Crippen MR) is 140 cm³/mol. The predicted octanol–water partition coefficient (Wildman–Crippen LogP) is 5.65. The number of nitrogens with zero attached hydrogens (tertiary/aromatic N) is 6. The topological polar surface area (TPSA) is 119 Å². The molecule has 0 aliphatic rings. The number of nitriles is 1. The number of fused-ring (bicyclic) bond motifs is 1. The van der Waals surface area contributed by atoms with E-state index in [2.05, 4.69) is 31.3 Å². The van der Waals surface area contributed by atoms with Crippen LogP contribution in [0.2, 0.25) is 0 Å².